The molecule has 1 atom stereocenters. The number of nitrogens with one attached hydrogen (secondary N) is 2. The minimum Gasteiger partial charge on any atom is -0.338 e. The van der Waals surface area contributed by atoms with Crippen molar-refractivity contribution in [3.05, 3.63) is 0 Å². The molecule has 1 saturated heterocycles. The highest BCUT2D eigenvalue weighted by molar-refractivity contribution is 5.95. The van der Waals surface area contributed by atoms with Gasteiger partial charge in [-0.2, -0.15) is 0 Å². The quantitative estimate of drug-likeness (QED) is 0.704. The minimum absolute atomic E-state index is 0. The fourth-order valence-corrected chi connectivity index (χ4v) is 2.35. The van der Waals surface area contributed by atoms with Crippen molar-refractivity contribution in [2.45, 2.75) is 39.7 Å². The van der Waals surface area contributed by atoms with Crippen LogP contribution in [0.15, 0.2) is 0 Å². The summed E-state index contributed by atoms with van der Waals surface area (Å²) < 4.78 is 0. The summed E-state index contributed by atoms with van der Waals surface area (Å²) in [6, 6.07) is -0.193. The van der Waals surface area contributed by atoms with Crippen molar-refractivity contribution < 1.29 is 9.59 Å². The van der Waals surface area contributed by atoms with Gasteiger partial charge in [0.15, 0.2) is 0 Å². The smallest absolute Gasteiger partial charge is 0.321 e. The number of nitrogens with two attached hydrogens (primary N) is 1. The Morgan fingerprint density at radius 1 is 1.24 bits per heavy atom. The molecule has 0 spiro atoms. The lowest BCUT2D eigenvalue weighted by molar-refractivity contribution is -0.121. The van der Waals surface area contributed by atoms with E-state index in [4.69, 9.17) is 5.73 Å². The number of imide groups is 1. The third kappa shape index (κ3) is 8.24. The topological polar surface area (TPSA) is 87.5 Å². The number of hydrogen-bond donors (Lipinski definition) is 3. The molecule has 0 aromatic heterocycles. The van der Waals surface area contributed by atoms with Gasteiger partial charge in [0.1, 0.15) is 0 Å². The Morgan fingerprint density at radius 2 is 1.81 bits per heavy atom. The van der Waals surface area contributed by atoms with Gasteiger partial charge in [-0.05, 0) is 44.7 Å². The first kappa shape index (κ1) is 20.1. The number of rotatable bonds is 5. The van der Waals surface area contributed by atoms with E-state index in [9.17, 15) is 9.59 Å². The lowest BCUT2D eigenvalue weighted by Gasteiger charge is -2.33. The van der Waals surface area contributed by atoms with E-state index in [-0.39, 0.29) is 30.9 Å². The summed E-state index contributed by atoms with van der Waals surface area (Å²) in [5, 5.41) is 5.03. The summed E-state index contributed by atoms with van der Waals surface area (Å²) in [6.45, 7) is 8.63. The second-order valence-electron chi connectivity index (χ2n) is 6.12. The Balaban J connectivity index is 0.00000400. The second-order valence-corrected chi connectivity index (χ2v) is 6.12. The molecule has 21 heavy (non-hydrogen) atoms. The van der Waals surface area contributed by atoms with Crippen LogP contribution in [0.1, 0.15) is 33.6 Å². The third-order valence-corrected chi connectivity index (χ3v) is 3.67. The number of hydrogen-bond acceptors (Lipinski definition) is 4. The van der Waals surface area contributed by atoms with E-state index in [0.717, 1.165) is 25.9 Å². The van der Waals surface area contributed by atoms with Crippen molar-refractivity contribution in [2.75, 3.05) is 26.2 Å². The maximum absolute atomic E-state index is 11.7. The molecule has 0 aliphatic carbocycles. The van der Waals surface area contributed by atoms with Gasteiger partial charge in [-0.25, -0.2) is 4.79 Å². The van der Waals surface area contributed by atoms with Gasteiger partial charge in [0.2, 0.25) is 5.91 Å². The van der Waals surface area contributed by atoms with Gasteiger partial charge >= 0.3 is 6.03 Å². The van der Waals surface area contributed by atoms with Crippen molar-refractivity contribution in [1.82, 2.24) is 15.5 Å². The standard InChI is InChI=1S/C14H28N4O2.ClH/c1-10(2)8-16-14(20)17-13(19)9-18-6-4-12(5-7-18)11(3)15;/h10-12H,4-9,15H2,1-3H3,(H2,16,17,19,20);1H. The molecule has 6 nitrogen and oxygen atoms in total. The molecule has 0 radical (unpaired) electrons. The first-order valence-electron chi connectivity index (χ1n) is 7.44. The number of halogens is 1. The van der Waals surface area contributed by atoms with Gasteiger partial charge in [0.25, 0.3) is 0 Å². The molecule has 3 amide bonds. The van der Waals surface area contributed by atoms with Crippen LogP contribution in [0.5, 0.6) is 0 Å². The molecule has 124 valence electrons. The van der Waals surface area contributed by atoms with Gasteiger partial charge in [-0.1, -0.05) is 13.8 Å². The largest absolute Gasteiger partial charge is 0.338 e. The second kappa shape index (κ2) is 9.97. The fourth-order valence-electron chi connectivity index (χ4n) is 2.35. The number of likely N-dealkylation sites (tertiary alicyclic amines) is 1. The van der Waals surface area contributed by atoms with E-state index in [2.05, 4.69) is 15.5 Å². The van der Waals surface area contributed by atoms with Gasteiger partial charge in [0, 0.05) is 12.6 Å². The highest BCUT2D eigenvalue weighted by Gasteiger charge is 2.23. The van der Waals surface area contributed by atoms with E-state index in [1.165, 1.54) is 0 Å². The zero-order valence-electron chi connectivity index (χ0n) is 13.2. The maximum Gasteiger partial charge on any atom is 0.321 e. The van der Waals surface area contributed by atoms with Crippen LogP contribution in [0, 0.1) is 11.8 Å². The Labute approximate surface area is 133 Å². The summed E-state index contributed by atoms with van der Waals surface area (Å²) in [7, 11) is 0. The van der Waals surface area contributed by atoms with Crippen LogP contribution in [0.4, 0.5) is 4.79 Å². The summed E-state index contributed by atoms with van der Waals surface area (Å²) >= 11 is 0. The fraction of sp³-hybridized carbons (Fsp3) is 0.857. The molecule has 0 saturated carbocycles. The molecule has 1 aliphatic heterocycles. The van der Waals surface area contributed by atoms with E-state index in [0.29, 0.717) is 18.4 Å². The molecule has 0 bridgehead atoms. The molecule has 1 rings (SSSR count). The molecule has 1 aliphatic rings. The zero-order valence-corrected chi connectivity index (χ0v) is 14.0. The highest BCUT2D eigenvalue weighted by atomic mass is 35.5. The molecule has 1 fully saturated rings. The molecule has 0 aromatic carbocycles. The van der Waals surface area contributed by atoms with E-state index < -0.39 is 6.03 Å². The Hall–Kier alpha value is -0.850. The van der Waals surface area contributed by atoms with Gasteiger partial charge in [0.05, 0.1) is 6.54 Å². The van der Waals surface area contributed by atoms with Crippen molar-refractivity contribution in [1.29, 1.82) is 0 Å². The SMILES string of the molecule is CC(C)CNC(=O)NC(=O)CN1CCC(C(C)N)CC1.Cl. The summed E-state index contributed by atoms with van der Waals surface area (Å²) in [6.07, 6.45) is 2.04. The first-order valence-corrected chi connectivity index (χ1v) is 7.44. The van der Waals surface area contributed by atoms with Crippen LogP contribution in [-0.2, 0) is 4.79 Å². The first-order chi connectivity index (χ1) is 9.38. The van der Waals surface area contributed by atoms with Gasteiger partial charge in [-0.3, -0.25) is 15.0 Å². The molecule has 0 aromatic rings. The average Bonchev–Trinajstić information content (AvgIpc) is 2.36. The van der Waals surface area contributed by atoms with Crippen LogP contribution in [-0.4, -0.2) is 49.1 Å². The molecule has 4 N–H and O–H groups in total. The van der Waals surface area contributed by atoms with Gasteiger partial charge in [-0.15, -0.1) is 12.4 Å². The number of carbonyl (C=O) groups excluding carboxylic acids is 2. The van der Waals surface area contributed by atoms with Crippen molar-refractivity contribution in [3.63, 3.8) is 0 Å². The predicted molar refractivity (Wildman–Crippen MR) is 86.4 cm³/mol. The number of urea groups is 1. The number of amides is 3. The summed E-state index contributed by atoms with van der Waals surface area (Å²) in [5.74, 6) is 0.669. The van der Waals surface area contributed by atoms with Crippen LogP contribution >= 0.6 is 12.4 Å². The van der Waals surface area contributed by atoms with Crippen molar-refractivity contribution in [3.8, 4) is 0 Å². The van der Waals surface area contributed by atoms with Crippen LogP contribution in [0.25, 0.3) is 0 Å². The average molecular weight is 321 g/mol. The lowest BCUT2D eigenvalue weighted by atomic mass is 9.91. The van der Waals surface area contributed by atoms with E-state index in [1.807, 2.05) is 20.8 Å². The zero-order chi connectivity index (χ0) is 15.1. The third-order valence-electron chi connectivity index (χ3n) is 3.67. The number of carbonyl (C=O) groups is 2. The molecule has 1 heterocycles. The lowest BCUT2D eigenvalue weighted by Crippen LogP contribution is -2.47. The summed E-state index contributed by atoms with van der Waals surface area (Å²) in [5.41, 5.74) is 5.89. The minimum atomic E-state index is -0.408. The van der Waals surface area contributed by atoms with Gasteiger partial charge < -0.3 is 11.1 Å². The molecular weight excluding hydrogens is 292 g/mol. The Bertz CT molecular complexity index is 329. The van der Waals surface area contributed by atoms with Crippen LogP contribution in [0.2, 0.25) is 0 Å². The predicted octanol–water partition coefficient (Wildman–Crippen LogP) is 0.949. The normalized spacial score (nSPS) is 18.0. The number of nitrogens with zero attached hydrogens (tertiary/aromatic N) is 1. The van der Waals surface area contributed by atoms with Crippen molar-refractivity contribution in [2.24, 2.45) is 17.6 Å². The van der Waals surface area contributed by atoms with E-state index in [1.54, 1.807) is 0 Å². The monoisotopic (exact) mass is 320 g/mol. The highest BCUT2D eigenvalue weighted by Crippen LogP contribution is 2.18. The van der Waals surface area contributed by atoms with E-state index >= 15 is 0 Å². The van der Waals surface area contributed by atoms with Crippen molar-refractivity contribution >= 4 is 24.3 Å². The summed E-state index contributed by atoms with van der Waals surface area (Å²) in [4.78, 5) is 25.3. The Morgan fingerprint density at radius 3 is 2.29 bits per heavy atom. The molecule has 7 heteroatoms. The Kier molecular flexibility index (Phi) is 9.57. The molecule has 1 unspecified atom stereocenters. The number of piperidine rings is 1. The van der Waals surface area contributed by atoms with Crippen LogP contribution in [0.3, 0.4) is 0 Å². The maximum atomic E-state index is 11.7. The molecular formula is C14H29ClN4O2. The van der Waals surface area contributed by atoms with Crippen LogP contribution < -0.4 is 16.4 Å².